The molecule has 3 N–H and O–H groups in total. The lowest BCUT2D eigenvalue weighted by atomic mass is 10.1. The fourth-order valence-corrected chi connectivity index (χ4v) is 1.20. The van der Waals surface area contributed by atoms with Crippen LogP contribution in [0, 0.1) is 5.41 Å². The van der Waals surface area contributed by atoms with E-state index in [2.05, 4.69) is 4.74 Å². The van der Waals surface area contributed by atoms with E-state index in [0.717, 1.165) is 0 Å². The molecule has 0 aliphatic carbocycles. The Labute approximate surface area is 101 Å². The second-order valence-corrected chi connectivity index (χ2v) is 3.67. The van der Waals surface area contributed by atoms with E-state index in [1.54, 1.807) is 18.2 Å². The van der Waals surface area contributed by atoms with Gasteiger partial charge in [-0.05, 0) is 11.6 Å². The lowest BCUT2D eigenvalue weighted by Crippen LogP contribution is -2.32. The lowest BCUT2D eigenvalue weighted by Gasteiger charge is -2.15. The molecule has 0 radical (unpaired) electrons. The van der Waals surface area contributed by atoms with Crippen molar-refractivity contribution >= 4 is 5.84 Å². The quantitative estimate of drug-likeness (QED) is 0.471. The van der Waals surface area contributed by atoms with Gasteiger partial charge in [0.15, 0.2) is 0 Å². The smallest absolute Gasteiger partial charge is 0.330 e. The van der Waals surface area contributed by atoms with E-state index in [-0.39, 0.29) is 12.4 Å². The van der Waals surface area contributed by atoms with Crippen LogP contribution in [0.2, 0.25) is 0 Å². The van der Waals surface area contributed by atoms with Crippen LogP contribution in [-0.4, -0.2) is 24.8 Å². The first-order valence-corrected chi connectivity index (χ1v) is 5.00. The highest BCUT2D eigenvalue weighted by Gasteiger charge is 2.40. The van der Waals surface area contributed by atoms with Crippen molar-refractivity contribution in [3.63, 3.8) is 0 Å². The highest BCUT2D eigenvalue weighted by molar-refractivity contribution is 5.95. The Kier molecular flexibility index (Phi) is 4.66. The number of hydrogen-bond donors (Lipinski definition) is 2. The van der Waals surface area contributed by atoms with Gasteiger partial charge >= 0.3 is 12.3 Å². The van der Waals surface area contributed by atoms with Crippen molar-refractivity contribution in [1.82, 2.24) is 0 Å². The van der Waals surface area contributed by atoms with Gasteiger partial charge in [0, 0.05) is 5.56 Å². The molecule has 0 unspecified atom stereocenters. The molecule has 0 atom stereocenters. The highest BCUT2D eigenvalue weighted by Crippen LogP contribution is 2.23. The Balaban J connectivity index is 2.54. The molecule has 0 aliphatic rings. The van der Waals surface area contributed by atoms with Crippen molar-refractivity contribution in [2.45, 2.75) is 19.0 Å². The third-order valence-electron chi connectivity index (χ3n) is 2.12. The molecule has 100 valence electrons. The maximum atomic E-state index is 12.5. The van der Waals surface area contributed by atoms with Crippen LogP contribution in [0.5, 0.6) is 0 Å². The summed E-state index contributed by atoms with van der Waals surface area (Å²) in [5.41, 5.74) is 6.14. The summed E-state index contributed by atoms with van der Waals surface area (Å²) in [6, 6.07) is 6.18. The topological polar surface area (TPSA) is 59.1 Å². The Morgan fingerprint density at radius 1 is 1.39 bits per heavy atom. The zero-order chi connectivity index (χ0) is 13.8. The number of nitrogens with one attached hydrogen (secondary N) is 1. The van der Waals surface area contributed by atoms with Crippen molar-refractivity contribution in [1.29, 1.82) is 5.41 Å². The second-order valence-electron chi connectivity index (χ2n) is 3.67. The molecule has 0 saturated heterocycles. The zero-order valence-corrected chi connectivity index (χ0v) is 9.30. The number of nitrogen functional groups attached to an aromatic ring is 1. The van der Waals surface area contributed by atoms with Gasteiger partial charge in [-0.15, -0.1) is 0 Å². The van der Waals surface area contributed by atoms with E-state index in [4.69, 9.17) is 11.1 Å². The third-order valence-corrected chi connectivity index (χ3v) is 2.12. The van der Waals surface area contributed by atoms with E-state index in [1.165, 1.54) is 6.07 Å². The number of hydrogen-bond acceptors (Lipinski definition) is 2. The molecule has 0 amide bonds. The van der Waals surface area contributed by atoms with Gasteiger partial charge in [-0.3, -0.25) is 5.41 Å². The van der Waals surface area contributed by atoms with Gasteiger partial charge in [0.1, 0.15) is 12.4 Å². The van der Waals surface area contributed by atoms with Crippen molar-refractivity contribution < 1.29 is 22.3 Å². The van der Waals surface area contributed by atoms with Crippen molar-refractivity contribution in [3.8, 4) is 0 Å². The maximum absolute atomic E-state index is 12.5. The van der Waals surface area contributed by atoms with Gasteiger partial charge in [0.05, 0.1) is 6.61 Å². The summed E-state index contributed by atoms with van der Waals surface area (Å²) in [6.07, 6.45) is -3.75. The Bertz CT molecular complexity index is 423. The number of alkyl halides is 4. The molecular weight excluding hydrogens is 252 g/mol. The average Bonchev–Trinajstić information content (AvgIpc) is 2.29. The van der Waals surface area contributed by atoms with E-state index in [1.807, 2.05) is 0 Å². The molecule has 0 aliphatic heterocycles. The van der Waals surface area contributed by atoms with Gasteiger partial charge in [0.25, 0.3) is 0 Å². The van der Waals surface area contributed by atoms with E-state index in [0.29, 0.717) is 11.1 Å². The summed E-state index contributed by atoms with van der Waals surface area (Å²) in [5, 5.41) is 7.18. The molecule has 18 heavy (non-hydrogen) atoms. The third kappa shape index (κ3) is 3.99. The number of rotatable bonds is 6. The van der Waals surface area contributed by atoms with Crippen LogP contribution in [0.3, 0.4) is 0 Å². The summed E-state index contributed by atoms with van der Waals surface area (Å²) in [4.78, 5) is 0. The first kappa shape index (κ1) is 14.4. The van der Waals surface area contributed by atoms with Gasteiger partial charge in [-0.25, -0.2) is 8.78 Å². The maximum Gasteiger partial charge on any atom is 0.330 e. The van der Waals surface area contributed by atoms with Gasteiger partial charge < -0.3 is 10.5 Å². The number of ether oxygens (including phenoxy) is 1. The summed E-state index contributed by atoms with van der Waals surface area (Å²) < 4.78 is 53.3. The summed E-state index contributed by atoms with van der Waals surface area (Å²) in [6.45, 7) is -1.60. The molecule has 0 heterocycles. The first-order valence-electron chi connectivity index (χ1n) is 5.00. The SMILES string of the molecule is N=C(N)c1cccc(COCC(F)(F)C(F)F)c1. The van der Waals surface area contributed by atoms with Crippen LogP contribution < -0.4 is 5.73 Å². The van der Waals surface area contributed by atoms with Gasteiger partial charge in [0.2, 0.25) is 0 Å². The molecule has 1 rings (SSSR count). The molecule has 0 saturated carbocycles. The van der Waals surface area contributed by atoms with Crippen LogP contribution in [-0.2, 0) is 11.3 Å². The Morgan fingerprint density at radius 2 is 2.06 bits per heavy atom. The first-order chi connectivity index (χ1) is 8.33. The summed E-state index contributed by atoms with van der Waals surface area (Å²) in [5.74, 6) is -4.33. The monoisotopic (exact) mass is 264 g/mol. The number of halogens is 4. The zero-order valence-electron chi connectivity index (χ0n) is 9.30. The van der Waals surface area contributed by atoms with E-state index < -0.39 is 19.0 Å². The minimum Gasteiger partial charge on any atom is -0.384 e. The van der Waals surface area contributed by atoms with Crippen LogP contribution in [0.4, 0.5) is 17.6 Å². The van der Waals surface area contributed by atoms with Crippen LogP contribution in [0.25, 0.3) is 0 Å². The minimum atomic E-state index is -4.15. The number of benzene rings is 1. The fourth-order valence-electron chi connectivity index (χ4n) is 1.20. The standard InChI is InChI=1S/C11H12F4N2O/c12-10(13)11(14,15)6-18-5-7-2-1-3-8(4-7)9(16)17/h1-4,10H,5-6H2,(H3,16,17). The van der Waals surface area contributed by atoms with Crippen molar-refractivity contribution in [2.75, 3.05) is 6.61 Å². The lowest BCUT2D eigenvalue weighted by molar-refractivity contribution is -0.168. The largest absolute Gasteiger partial charge is 0.384 e. The molecule has 0 aromatic heterocycles. The van der Waals surface area contributed by atoms with Crippen LogP contribution >= 0.6 is 0 Å². The molecule has 0 bridgehead atoms. The minimum absolute atomic E-state index is 0.172. The summed E-state index contributed by atoms with van der Waals surface area (Å²) >= 11 is 0. The molecule has 0 fully saturated rings. The molecule has 3 nitrogen and oxygen atoms in total. The second kappa shape index (κ2) is 5.81. The fraction of sp³-hybridized carbons (Fsp3) is 0.364. The van der Waals surface area contributed by atoms with E-state index in [9.17, 15) is 17.6 Å². The van der Waals surface area contributed by atoms with E-state index >= 15 is 0 Å². The van der Waals surface area contributed by atoms with Gasteiger partial charge in [-0.1, -0.05) is 18.2 Å². The summed E-state index contributed by atoms with van der Waals surface area (Å²) in [7, 11) is 0. The Morgan fingerprint density at radius 3 is 2.61 bits per heavy atom. The van der Waals surface area contributed by atoms with Crippen molar-refractivity contribution in [3.05, 3.63) is 35.4 Å². The number of amidine groups is 1. The normalized spacial score (nSPS) is 11.8. The van der Waals surface area contributed by atoms with Crippen LogP contribution in [0.15, 0.2) is 24.3 Å². The predicted octanol–water partition coefficient (Wildman–Crippen LogP) is 2.39. The highest BCUT2D eigenvalue weighted by atomic mass is 19.3. The molecule has 1 aromatic rings. The molecule has 7 heteroatoms. The van der Waals surface area contributed by atoms with Crippen molar-refractivity contribution in [2.24, 2.45) is 5.73 Å². The average molecular weight is 264 g/mol. The van der Waals surface area contributed by atoms with Crippen LogP contribution in [0.1, 0.15) is 11.1 Å². The molecular formula is C11H12F4N2O. The molecule has 0 spiro atoms. The predicted molar refractivity (Wildman–Crippen MR) is 58.1 cm³/mol. The molecule has 1 aromatic carbocycles. The van der Waals surface area contributed by atoms with Gasteiger partial charge in [-0.2, -0.15) is 8.78 Å². The number of nitrogens with two attached hydrogens (primary N) is 1. The Hall–Kier alpha value is -1.63.